The number of likely N-dealkylation sites (tertiary alicyclic amines) is 1. The SMILES string of the molecule is O=C(OCC1CCCCC1)N1CCC(F)(CO)CC1. The fourth-order valence-electron chi connectivity index (χ4n) is 2.88. The third-order valence-corrected chi connectivity index (χ3v) is 4.37. The Morgan fingerprint density at radius 3 is 2.47 bits per heavy atom. The lowest BCUT2D eigenvalue weighted by molar-refractivity contribution is 0.00361. The minimum Gasteiger partial charge on any atom is -0.449 e. The number of piperidine rings is 1. The number of ether oxygens (including phenoxy) is 1. The quantitative estimate of drug-likeness (QED) is 0.859. The highest BCUT2D eigenvalue weighted by atomic mass is 19.1. The van der Waals surface area contributed by atoms with E-state index >= 15 is 0 Å². The summed E-state index contributed by atoms with van der Waals surface area (Å²) in [7, 11) is 0. The zero-order valence-corrected chi connectivity index (χ0v) is 11.4. The topological polar surface area (TPSA) is 49.8 Å². The lowest BCUT2D eigenvalue weighted by Gasteiger charge is -2.35. The Kier molecular flexibility index (Phi) is 5.02. The Morgan fingerprint density at radius 2 is 1.89 bits per heavy atom. The van der Waals surface area contributed by atoms with Crippen molar-refractivity contribution < 1.29 is 19.0 Å². The second-order valence-electron chi connectivity index (χ2n) is 5.88. The molecule has 2 aliphatic rings. The maximum atomic E-state index is 13.8. The van der Waals surface area contributed by atoms with Crippen LogP contribution in [0, 0.1) is 5.92 Å². The average Bonchev–Trinajstić information content (AvgIpc) is 2.47. The van der Waals surface area contributed by atoms with E-state index in [2.05, 4.69) is 0 Å². The molecule has 5 heteroatoms. The predicted molar refractivity (Wildman–Crippen MR) is 69.7 cm³/mol. The molecule has 0 bridgehead atoms. The number of halogens is 1. The smallest absolute Gasteiger partial charge is 0.409 e. The normalized spacial score (nSPS) is 24.2. The molecule has 1 saturated carbocycles. The molecule has 0 aromatic rings. The van der Waals surface area contributed by atoms with E-state index < -0.39 is 12.3 Å². The number of hydrogen-bond acceptors (Lipinski definition) is 3. The molecule has 2 rings (SSSR count). The molecule has 0 unspecified atom stereocenters. The Balaban J connectivity index is 1.69. The van der Waals surface area contributed by atoms with Gasteiger partial charge in [-0.15, -0.1) is 0 Å². The van der Waals surface area contributed by atoms with Crippen molar-refractivity contribution >= 4 is 6.09 Å². The van der Waals surface area contributed by atoms with Gasteiger partial charge in [-0.3, -0.25) is 0 Å². The number of nitrogens with zero attached hydrogens (tertiary/aromatic N) is 1. The summed E-state index contributed by atoms with van der Waals surface area (Å²) in [6.45, 7) is 0.704. The summed E-state index contributed by atoms with van der Waals surface area (Å²) < 4.78 is 19.1. The Bertz CT molecular complexity index is 297. The molecule has 0 radical (unpaired) electrons. The van der Waals surface area contributed by atoms with Crippen molar-refractivity contribution in [3.8, 4) is 0 Å². The number of hydrogen-bond donors (Lipinski definition) is 1. The molecule has 0 spiro atoms. The minimum atomic E-state index is -1.51. The van der Waals surface area contributed by atoms with E-state index in [9.17, 15) is 9.18 Å². The van der Waals surface area contributed by atoms with Crippen LogP contribution in [0.1, 0.15) is 44.9 Å². The summed E-state index contributed by atoms with van der Waals surface area (Å²) >= 11 is 0. The number of amides is 1. The number of aliphatic hydroxyl groups excluding tert-OH is 1. The highest BCUT2D eigenvalue weighted by Crippen LogP contribution is 2.27. The summed E-state index contributed by atoms with van der Waals surface area (Å²) in [6.07, 6.45) is 6.10. The first-order valence-corrected chi connectivity index (χ1v) is 7.34. The van der Waals surface area contributed by atoms with Crippen LogP contribution >= 0.6 is 0 Å². The molecular weight excluding hydrogens is 249 g/mol. The van der Waals surface area contributed by atoms with Crippen molar-refractivity contribution in [2.24, 2.45) is 5.92 Å². The third-order valence-electron chi connectivity index (χ3n) is 4.37. The van der Waals surface area contributed by atoms with Crippen LogP contribution < -0.4 is 0 Å². The Morgan fingerprint density at radius 1 is 1.26 bits per heavy atom. The van der Waals surface area contributed by atoms with Gasteiger partial charge in [0, 0.05) is 25.9 Å². The molecule has 110 valence electrons. The van der Waals surface area contributed by atoms with Crippen molar-refractivity contribution in [3.05, 3.63) is 0 Å². The molecule has 1 aliphatic heterocycles. The van der Waals surface area contributed by atoms with Crippen LogP contribution in [-0.2, 0) is 4.74 Å². The summed E-state index contributed by atoms with van der Waals surface area (Å²) in [5.41, 5.74) is -1.51. The molecular formula is C14H24FNO3. The van der Waals surface area contributed by atoms with E-state index in [0.717, 1.165) is 12.8 Å². The van der Waals surface area contributed by atoms with E-state index in [1.165, 1.54) is 19.3 Å². The molecule has 1 heterocycles. The third kappa shape index (κ3) is 4.06. The maximum absolute atomic E-state index is 13.8. The molecule has 1 aliphatic carbocycles. The van der Waals surface area contributed by atoms with Crippen molar-refractivity contribution in [2.75, 3.05) is 26.3 Å². The summed E-state index contributed by atoms with van der Waals surface area (Å²) in [4.78, 5) is 13.4. The maximum Gasteiger partial charge on any atom is 0.409 e. The molecule has 1 amide bonds. The van der Waals surface area contributed by atoms with E-state index in [-0.39, 0.29) is 18.9 Å². The molecule has 4 nitrogen and oxygen atoms in total. The number of rotatable bonds is 3. The van der Waals surface area contributed by atoms with Gasteiger partial charge >= 0.3 is 6.09 Å². The first kappa shape index (κ1) is 14.6. The van der Waals surface area contributed by atoms with Gasteiger partial charge in [-0.05, 0) is 18.8 Å². The van der Waals surface area contributed by atoms with Gasteiger partial charge in [0.05, 0.1) is 13.2 Å². The number of alkyl halides is 1. The molecule has 0 aromatic carbocycles. The first-order chi connectivity index (χ1) is 9.13. The van der Waals surface area contributed by atoms with Crippen molar-refractivity contribution in [1.82, 2.24) is 4.90 Å². The van der Waals surface area contributed by atoms with Gasteiger partial charge in [-0.2, -0.15) is 0 Å². The van der Waals surface area contributed by atoms with Crippen molar-refractivity contribution in [2.45, 2.75) is 50.6 Å². The predicted octanol–water partition coefficient (Wildman–Crippen LogP) is 2.50. The van der Waals surface area contributed by atoms with E-state index in [0.29, 0.717) is 25.6 Å². The average molecular weight is 273 g/mol. The van der Waals surface area contributed by atoms with Gasteiger partial charge < -0.3 is 14.7 Å². The molecule has 1 N–H and O–H groups in total. The van der Waals surface area contributed by atoms with E-state index in [1.54, 1.807) is 4.90 Å². The zero-order valence-electron chi connectivity index (χ0n) is 11.4. The lowest BCUT2D eigenvalue weighted by atomic mass is 9.90. The Hall–Kier alpha value is -0.840. The molecule has 19 heavy (non-hydrogen) atoms. The fourth-order valence-corrected chi connectivity index (χ4v) is 2.88. The molecule has 0 atom stereocenters. The summed E-state index contributed by atoms with van der Waals surface area (Å²) in [5, 5.41) is 8.94. The lowest BCUT2D eigenvalue weighted by Crippen LogP contribution is -2.46. The summed E-state index contributed by atoms with van der Waals surface area (Å²) in [5.74, 6) is 0.500. The largest absolute Gasteiger partial charge is 0.449 e. The van der Waals surface area contributed by atoms with Crippen molar-refractivity contribution in [1.29, 1.82) is 0 Å². The Labute approximate surface area is 113 Å². The zero-order chi connectivity index (χ0) is 13.7. The number of carbonyl (C=O) groups excluding carboxylic acids is 1. The minimum absolute atomic E-state index is 0.196. The monoisotopic (exact) mass is 273 g/mol. The summed E-state index contributed by atoms with van der Waals surface area (Å²) in [6, 6.07) is 0. The van der Waals surface area contributed by atoms with Crippen LogP contribution in [-0.4, -0.2) is 48.1 Å². The van der Waals surface area contributed by atoms with Gasteiger partial charge in [-0.25, -0.2) is 9.18 Å². The van der Waals surface area contributed by atoms with Crippen LogP contribution in [0.2, 0.25) is 0 Å². The van der Waals surface area contributed by atoms with Gasteiger partial charge in [0.2, 0.25) is 0 Å². The fraction of sp³-hybridized carbons (Fsp3) is 0.929. The molecule has 2 fully saturated rings. The second-order valence-corrected chi connectivity index (χ2v) is 5.88. The second kappa shape index (κ2) is 6.55. The standard InChI is InChI=1S/C14H24FNO3/c15-14(11-17)6-8-16(9-7-14)13(18)19-10-12-4-2-1-3-5-12/h12,17H,1-11H2. The molecule has 1 saturated heterocycles. The van der Waals surface area contributed by atoms with E-state index in [1.807, 2.05) is 0 Å². The van der Waals surface area contributed by atoms with Gasteiger partial charge in [0.15, 0.2) is 0 Å². The number of aliphatic hydroxyl groups is 1. The van der Waals surface area contributed by atoms with Gasteiger partial charge in [0.25, 0.3) is 0 Å². The first-order valence-electron chi connectivity index (χ1n) is 7.34. The van der Waals surface area contributed by atoms with Crippen LogP contribution in [0.15, 0.2) is 0 Å². The van der Waals surface area contributed by atoms with Gasteiger partial charge in [-0.1, -0.05) is 19.3 Å². The van der Waals surface area contributed by atoms with E-state index in [4.69, 9.17) is 9.84 Å². The molecule has 0 aromatic heterocycles. The highest BCUT2D eigenvalue weighted by molar-refractivity contribution is 5.67. The highest BCUT2D eigenvalue weighted by Gasteiger charge is 2.35. The van der Waals surface area contributed by atoms with Crippen molar-refractivity contribution in [3.63, 3.8) is 0 Å². The number of carbonyl (C=O) groups is 1. The van der Waals surface area contributed by atoms with Crippen LogP contribution in [0.4, 0.5) is 9.18 Å². The van der Waals surface area contributed by atoms with Gasteiger partial charge in [0.1, 0.15) is 5.67 Å². The van der Waals surface area contributed by atoms with Crippen LogP contribution in [0.3, 0.4) is 0 Å². The van der Waals surface area contributed by atoms with Crippen LogP contribution in [0.5, 0.6) is 0 Å². The van der Waals surface area contributed by atoms with Crippen LogP contribution in [0.25, 0.3) is 0 Å².